The van der Waals surface area contributed by atoms with Gasteiger partial charge in [0.25, 0.3) is 0 Å². The van der Waals surface area contributed by atoms with E-state index in [2.05, 4.69) is 20.7 Å². The molecule has 0 fully saturated rings. The van der Waals surface area contributed by atoms with Gasteiger partial charge in [-0.05, 0) is 28.1 Å². The molecule has 14 heavy (non-hydrogen) atoms. The summed E-state index contributed by atoms with van der Waals surface area (Å²) in [5.74, 6) is 0. The summed E-state index contributed by atoms with van der Waals surface area (Å²) in [6, 6.07) is 2.98. The minimum absolute atomic E-state index is 0.278. The average Bonchev–Trinajstić information content (AvgIpc) is 1.97. The van der Waals surface area contributed by atoms with Gasteiger partial charge in [-0.2, -0.15) is 0 Å². The van der Waals surface area contributed by atoms with Crippen LogP contribution in [0.3, 0.4) is 0 Å². The van der Waals surface area contributed by atoms with E-state index in [9.17, 15) is 8.42 Å². The molecule has 7 heteroatoms. The van der Waals surface area contributed by atoms with Crippen molar-refractivity contribution in [2.24, 2.45) is 0 Å². The zero-order chi connectivity index (χ0) is 10.9. The van der Waals surface area contributed by atoms with Gasteiger partial charge in [0.05, 0.1) is 22.7 Å². The molecule has 1 aromatic carbocycles. The van der Waals surface area contributed by atoms with Crippen LogP contribution in [0.1, 0.15) is 0 Å². The third kappa shape index (κ3) is 3.04. The number of sulfonamides is 1. The van der Waals surface area contributed by atoms with Gasteiger partial charge in [-0.15, -0.1) is 0 Å². The second-order valence-corrected chi connectivity index (χ2v) is 5.74. The van der Waals surface area contributed by atoms with Crippen molar-refractivity contribution in [3.63, 3.8) is 0 Å². The van der Waals surface area contributed by atoms with Crippen molar-refractivity contribution in [2.45, 2.75) is 0 Å². The first-order valence-corrected chi connectivity index (χ1v) is 6.58. The van der Waals surface area contributed by atoms with Crippen LogP contribution in [-0.2, 0) is 10.0 Å². The van der Waals surface area contributed by atoms with Crippen LogP contribution in [0.4, 0.5) is 11.4 Å². The van der Waals surface area contributed by atoms with Gasteiger partial charge in [-0.1, -0.05) is 11.6 Å². The third-order valence-electron chi connectivity index (χ3n) is 1.39. The highest BCUT2D eigenvalue weighted by atomic mass is 79.9. The fourth-order valence-electron chi connectivity index (χ4n) is 0.850. The van der Waals surface area contributed by atoms with Crippen molar-refractivity contribution in [1.29, 1.82) is 0 Å². The molecule has 0 heterocycles. The third-order valence-corrected chi connectivity index (χ3v) is 3.18. The van der Waals surface area contributed by atoms with E-state index >= 15 is 0 Å². The fraction of sp³-hybridized carbons (Fsp3) is 0.143. The summed E-state index contributed by atoms with van der Waals surface area (Å²) in [4.78, 5) is 0. The smallest absolute Gasteiger partial charge is 0.229 e. The second-order valence-electron chi connectivity index (χ2n) is 2.73. The molecule has 0 atom stereocenters. The van der Waals surface area contributed by atoms with Crippen LogP contribution in [0.15, 0.2) is 16.6 Å². The fourth-order valence-corrected chi connectivity index (χ4v) is 1.95. The molecule has 1 rings (SSSR count). The number of anilines is 2. The summed E-state index contributed by atoms with van der Waals surface area (Å²) in [5.41, 5.74) is 6.17. The highest BCUT2D eigenvalue weighted by Gasteiger charge is 2.08. The number of nitrogens with two attached hydrogens (primary N) is 1. The average molecular weight is 300 g/mol. The first-order chi connectivity index (χ1) is 6.29. The molecule has 3 N–H and O–H groups in total. The Morgan fingerprint density at radius 1 is 1.50 bits per heavy atom. The van der Waals surface area contributed by atoms with Gasteiger partial charge in [0.2, 0.25) is 10.0 Å². The molecular weight excluding hydrogens is 292 g/mol. The van der Waals surface area contributed by atoms with Crippen LogP contribution in [0.5, 0.6) is 0 Å². The summed E-state index contributed by atoms with van der Waals surface area (Å²) >= 11 is 8.95. The molecule has 0 amide bonds. The molecule has 0 unspecified atom stereocenters. The van der Waals surface area contributed by atoms with Gasteiger partial charge in [0.15, 0.2) is 0 Å². The van der Waals surface area contributed by atoms with Gasteiger partial charge >= 0.3 is 0 Å². The van der Waals surface area contributed by atoms with Gasteiger partial charge < -0.3 is 5.73 Å². The predicted octanol–water partition coefficient (Wildman–Crippen LogP) is 2.06. The topological polar surface area (TPSA) is 72.2 Å². The molecule has 4 nitrogen and oxygen atoms in total. The van der Waals surface area contributed by atoms with Gasteiger partial charge in [0, 0.05) is 4.47 Å². The summed E-state index contributed by atoms with van der Waals surface area (Å²) in [6.45, 7) is 0. The number of hydrogen-bond donors (Lipinski definition) is 2. The van der Waals surface area contributed by atoms with E-state index in [1.807, 2.05) is 0 Å². The van der Waals surface area contributed by atoms with Crippen molar-refractivity contribution >= 4 is 48.9 Å². The summed E-state index contributed by atoms with van der Waals surface area (Å²) in [5, 5.41) is 0.394. The van der Waals surface area contributed by atoms with Gasteiger partial charge in [-0.3, -0.25) is 4.72 Å². The van der Waals surface area contributed by atoms with E-state index < -0.39 is 10.0 Å². The highest BCUT2D eigenvalue weighted by molar-refractivity contribution is 9.10. The molecule has 0 aliphatic heterocycles. The lowest BCUT2D eigenvalue weighted by Gasteiger charge is -2.08. The Balaban J connectivity index is 3.17. The van der Waals surface area contributed by atoms with E-state index in [1.165, 1.54) is 12.1 Å². The van der Waals surface area contributed by atoms with Crippen LogP contribution in [-0.4, -0.2) is 14.7 Å². The monoisotopic (exact) mass is 298 g/mol. The largest absolute Gasteiger partial charge is 0.397 e. The number of hydrogen-bond acceptors (Lipinski definition) is 3. The Morgan fingerprint density at radius 3 is 2.57 bits per heavy atom. The zero-order valence-electron chi connectivity index (χ0n) is 7.21. The number of halogens is 2. The van der Waals surface area contributed by atoms with Crippen LogP contribution in [0, 0.1) is 0 Å². The minimum Gasteiger partial charge on any atom is -0.397 e. The Morgan fingerprint density at radius 2 is 2.07 bits per heavy atom. The molecule has 1 aromatic rings. The van der Waals surface area contributed by atoms with E-state index in [1.54, 1.807) is 0 Å². The van der Waals surface area contributed by atoms with Crippen molar-refractivity contribution < 1.29 is 8.42 Å². The Hall–Kier alpha value is -0.460. The minimum atomic E-state index is -3.33. The number of benzene rings is 1. The molecule has 0 aromatic heterocycles. The molecule has 78 valence electrons. The zero-order valence-corrected chi connectivity index (χ0v) is 10.4. The molecule has 0 aliphatic carbocycles. The van der Waals surface area contributed by atoms with E-state index in [0.29, 0.717) is 15.2 Å². The molecule has 0 radical (unpaired) electrons. The lowest BCUT2D eigenvalue weighted by Crippen LogP contribution is -2.11. The van der Waals surface area contributed by atoms with Crippen LogP contribution < -0.4 is 10.5 Å². The summed E-state index contributed by atoms with van der Waals surface area (Å²) in [6.07, 6.45) is 1.04. The van der Waals surface area contributed by atoms with Gasteiger partial charge in [-0.25, -0.2) is 8.42 Å². The lowest BCUT2D eigenvalue weighted by atomic mass is 10.3. The number of nitrogens with one attached hydrogen (secondary N) is 1. The first kappa shape index (κ1) is 11.6. The number of nitrogen functional groups attached to an aromatic ring is 1. The van der Waals surface area contributed by atoms with Crippen LogP contribution in [0.2, 0.25) is 5.02 Å². The van der Waals surface area contributed by atoms with Crippen LogP contribution in [0.25, 0.3) is 0 Å². The van der Waals surface area contributed by atoms with E-state index in [0.717, 1.165) is 6.26 Å². The summed E-state index contributed by atoms with van der Waals surface area (Å²) < 4.78 is 24.7. The summed E-state index contributed by atoms with van der Waals surface area (Å²) in [7, 11) is -3.33. The van der Waals surface area contributed by atoms with Crippen molar-refractivity contribution in [2.75, 3.05) is 16.7 Å². The molecule has 0 aliphatic rings. The molecule has 0 spiro atoms. The van der Waals surface area contributed by atoms with Crippen molar-refractivity contribution in [3.8, 4) is 0 Å². The maximum absolute atomic E-state index is 10.9. The molecule has 0 saturated carbocycles. The van der Waals surface area contributed by atoms with E-state index in [4.69, 9.17) is 17.3 Å². The Bertz CT molecular complexity index is 461. The highest BCUT2D eigenvalue weighted by Crippen LogP contribution is 2.31. The Kier molecular flexibility index (Phi) is 3.28. The Labute approximate surface area is 95.6 Å². The maximum Gasteiger partial charge on any atom is 0.229 e. The van der Waals surface area contributed by atoms with Gasteiger partial charge in [0.1, 0.15) is 0 Å². The number of rotatable bonds is 2. The standard InChI is InChI=1S/C7H8BrClN2O2S/c1-14(12,13)11-7-3-5(9)4(8)2-6(7)10/h2-3,11H,10H2,1H3. The molecule has 0 bridgehead atoms. The van der Waals surface area contributed by atoms with Crippen LogP contribution >= 0.6 is 27.5 Å². The van der Waals surface area contributed by atoms with Crippen molar-refractivity contribution in [1.82, 2.24) is 0 Å². The second kappa shape index (κ2) is 3.96. The molecular formula is C7H8BrClN2O2S. The normalized spacial score (nSPS) is 11.4. The first-order valence-electron chi connectivity index (χ1n) is 3.52. The predicted molar refractivity (Wildman–Crippen MR) is 62.0 cm³/mol. The SMILES string of the molecule is CS(=O)(=O)Nc1cc(Cl)c(Br)cc1N. The maximum atomic E-state index is 10.9. The molecule has 0 saturated heterocycles. The van der Waals surface area contributed by atoms with Crippen molar-refractivity contribution in [3.05, 3.63) is 21.6 Å². The lowest BCUT2D eigenvalue weighted by molar-refractivity contribution is 0.607. The van der Waals surface area contributed by atoms with E-state index in [-0.39, 0.29) is 5.69 Å². The quantitative estimate of drug-likeness (QED) is 0.821.